The van der Waals surface area contributed by atoms with Crippen LogP contribution in [0.5, 0.6) is 0 Å². The molecule has 0 aromatic heterocycles. The minimum absolute atomic E-state index is 0.124. The molecule has 108 valence electrons. The Balaban J connectivity index is 2.14. The van der Waals surface area contributed by atoms with Gasteiger partial charge in [-0.25, -0.2) is 8.42 Å². The van der Waals surface area contributed by atoms with Crippen LogP contribution in [0.2, 0.25) is 0 Å². The molecule has 2 aliphatic rings. The van der Waals surface area contributed by atoms with Crippen molar-refractivity contribution in [2.45, 2.75) is 38.3 Å². The highest BCUT2D eigenvalue weighted by Crippen LogP contribution is 2.43. The average molecular weight is 291 g/mol. The molecule has 8 heteroatoms. The Bertz CT molecular complexity index is 487. The number of carbonyl (C=O) groups excluding carboxylic acids is 1. The number of aliphatic carboxylic acids is 1. The summed E-state index contributed by atoms with van der Waals surface area (Å²) in [7, 11) is -3.79. The first-order chi connectivity index (χ1) is 8.86. The topological polar surface area (TPSA) is 101 Å². The molecule has 3 atom stereocenters. The number of hydrogen-bond donors (Lipinski definition) is 1. The fourth-order valence-corrected chi connectivity index (χ4v) is 4.90. The normalized spacial score (nSPS) is 30.5. The zero-order valence-electron chi connectivity index (χ0n) is 10.6. The zero-order valence-corrected chi connectivity index (χ0v) is 11.4. The molecule has 7 nitrogen and oxygen atoms in total. The third-order valence-electron chi connectivity index (χ3n) is 3.72. The van der Waals surface area contributed by atoms with E-state index >= 15 is 0 Å². The van der Waals surface area contributed by atoms with Crippen molar-refractivity contribution in [2.75, 3.05) is 12.4 Å². The molecule has 2 fully saturated rings. The van der Waals surface area contributed by atoms with E-state index < -0.39 is 39.7 Å². The second-order valence-electron chi connectivity index (χ2n) is 4.87. The summed E-state index contributed by atoms with van der Waals surface area (Å²) in [6, 6.07) is -0.799. The molecule has 3 unspecified atom stereocenters. The number of carboxylic acid groups (broad SMARTS) is 1. The summed E-state index contributed by atoms with van der Waals surface area (Å²) >= 11 is 0. The van der Waals surface area contributed by atoms with Gasteiger partial charge in [-0.1, -0.05) is 0 Å². The monoisotopic (exact) mass is 291 g/mol. The fraction of sp³-hybridized carbons (Fsp3) is 0.818. The van der Waals surface area contributed by atoms with Gasteiger partial charge < -0.3 is 9.84 Å². The molecule has 2 rings (SSSR count). The largest absolute Gasteiger partial charge is 0.481 e. The van der Waals surface area contributed by atoms with Crippen molar-refractivity contribution >= 4 is 22.0 Å². The molecule has 2 heterocycles. The Morgan fingerprint density at radius 2 is 2.05 bits per heavy atom. The van der Waals surface area contributed by atoms with E-state index in [-0.39, 0.29) is 12.6 Å². The summed E-state index contributed by atoms with van der Waals surface area (Å²) in [6.45, 7) is 1.73. The summed E-state index contributed by atoms with van der Waals surface area (Å²) in [5, 5.41) is 9.07. The van der Waals surface area contributed by atoms with Crippen molar-refractivity contribution in [1.29, 1.82) is 0 Å². The van der Waals surface area contributed by atoms with Crippen LogP contribution in [0.3, 0.4) is 0 Å². The summed E-state index contributed by atoms with van der Waals surface area (Å²) in [5.74, 6) is -3.12. The van der Waals surface area contributed by atoms with Crippen molar-refractivity contribution in [3.8, 4) is 0 Å². The first-order valence-corrected chi connectivity index (χ1v) is 7.87. The second kappa shape index (κ2) is 5.09. The summed E-state index contributed by atoms with van der Waals surface area (Å²) in [4.78, 5) is 22.4. The van der Waals surface area contributed by atoms with Crippen molar-refractivity contribution in [3.05, 3.63) is 0 Å². The number of carboxylic acids is 1. The maximum absolute atomic E-state index is 12.2. The van der Waals surface area contributed by atoms with E-state index in [2.05, 4.69) is 4.74 Å². The molecule has 0 amide bonds. The third-order valence-corrected chi connectivity index (χ3v) is 5.53. The Morgan fingerprint density at radius 1 is 1.37 bits per heavy atom. The molecule has 0 saturated carbocycles. The van der Waals surface area contributed by atoms with Gasteiger partial charge in [0.15, 0.2) is 5.75 Å². The quantitative estimate of drug-likeness (QED) is 0.705. The molecular weight excluding hydrogens is 274 g/mol. The number of esters is 1. The van der Waals surface area contributed by atoms with Gasteiger partial charge in [0, 0.05) is 12.1 Å². The van der Waals surface area contributed by atoms with Crippen LogP contribution in [-0.4, -0.2) is 54.2 Å². The van der Waals surface area contributed by atoms with Gasteiger partial charge in [-0.15, -0.1) is 0 Å². The molecule has 0 aromatic rings. The number of ether oxygens (including phenoxy) is 1. The molecular formula is C11H17NO6S. The molecule has 2 saturated heterocycles. The Kier molecular flexibility index (Phi) is 3.82. The highest BCUT2D eigenvalue weighted by Gasteiger charge is 2.54. The van der Waals surface area contributed by atoms with Gasteiger partial charge in [0.25, 0.3) is 0 Å². The van der Waals surface area contributed by atoms with E-state index in [4.69, 9.17) is 5.11 Å². The van der Waals surface area contributed by atoms with E-state index in [9.17, 15) is 18.0 Å². The number of sulfonamides is 1. The lowest BCUT2D eigenvalue weighted by atomic mass is 9.89. The molecule has 2 aliphatic heterocycles. The maximum atomic E-state index is 12.2. The molecule has 0 spiro atoms. The first-order valence-electron chi connectivity index (χ1n) is 6.26. The number of nitrogens with zero attached hydrogens (tertiary/aromatic N) is 1. The highest BCUT2D eigenvalue weighted by molar-refractivity contribution is 7.89. The predicted molar refractivity (Wildman–Crippen MR) is 64.8 cm³/mol. The SMILES string of the molecule is CCOC(=O)CS(=O)(=O)N1C2CCC1C(C(=O)O)C2. The lowest BCUT2D eigenvalue weighted by Crippen LogP contribution is -2.41. The van der Waals surface area contributed by atoms with Crippen molar-refractivity contribution in [2.24, 2.45) is 5.92 Å². The summed E-state index contributed by atoms with van der Waals surface area (Å²) in [6.07, 6.45) is 1.54. The van der Waals surface area contributed by atoms with Gasteiger partial charge in [0.1, 0.15) is 0 Å². The molecule has 0 aromatic carbocycles. The Hall–Kier alpha value is -1.15. The average Bonchev–Trinajstić information content (AvgIpc) is 2.85. The minimum Gasteiger partial charge on any atom is -0.481 e. The lowest BCUT2D eigenvalue weighted by molar-refractivity contribution is -0.142. The second-order valence-corrected chi connectivity index (χ2v) is 6.74. The summed E-state index contributed by atoms with van der Waals surface area (Å²) < 4.78 is 30.2. The number of hydrogen-bond acceptors (Lipinski definition) is 5. The van der Waals surface area contributed by atoms with Gasteiger partial charge in [-0.05, 0) is 26.2 Å². The van der Waals surface area contributed by atoms with Crippen LogP contribution in [0.15, 0.2) is 0 Å². The van der Waals surface area contributed by atoms with Crippen LogP contribution in [-0.2, 0) is 24.3 Å². The molecule has 19 heavy (non-hydrogen) atoms. The van der Waals surface area contributed by atoms with E-state index in [1.807, 2.05) is 0 Å². The molecule has 1 N–H and O–H groups in total. The van der Waals surface area contributed by atoms with Crippen LogP contribution in [0.1, 0.15) is 26.2 Å². The predicted octanol–water partition coefficient (Wildman–Crippen LogP) is -0.183. The fourth-order valence-electron chi connectivity index (χ4n) is 3.06. The van der Waals surface area contributed by atoms with E-state index in [0.29, 0.717) is 19.3 Å². The minimum atomic E-state index is -3.79. The summed E-state index contributed by atoms with van der Waals surface area (Å²) in [5.41, 5.74) is 0. The van der Waals surface area contributed by atoms with E-state index in [1.54, 1.807) is 6.92 Å². The maximum Gasteiger partial charge on any atom is 0.322 e. The van der Waals surface area contributed by atoms with Crippen LogP contribution in [0, 0.1) is 5.92 Å². The van der Waals surface area contributed by atoms with Crippen LogP contribution in [0.4, 0.5) is 0 Å². The third kappa shape index (κ3) is 2.59. The smallest absolute Gasteiger partial charge is 0.322 e. The standard InChI is InChI=1S/C11H17NO6S/c1-2-18-10(13)6-19(16,17)12-7-3-4-9(12)8(5-7)11(14)15/h7-9H,2-6H2,1H3,(H,14,15). The number of rotatable bonds is 5. The lowest BCUT2D eigenvalue weighted by Gasteiger charge is -2.21. The van der Waals surface area contributed by atoms with Gasteiger partial charge in [0.2, 0.25) is 10.0 Å². The van der Waals surface area contributed by atoms with Crippen molar-refractivity contribution in [3.63, 3.8) is 0 Å². The number of fused-ring (bicyclic) bond motifs is 2. The van der Waals surface area contributed by atoms with Gasteiger partial charge in [0.05, 0.1) is 12.5 Å². The van der Waals surface area contributed by atoms with Crippen molar-refractivity contribution < 1.29 is 27.9 Å². The molecule has 0 radical (unpaired) electrons. The van der Waals surface area contributed by atoms with Crippen LogP contribution in [0.25, 0.3) is 0 Å². The van der Waals surface area contributed by atoms with Crippen LogP contribution < -0.4 is 0 Å². The Labute approximate surface area is 111 Å². The highest BCUT2D eigenvalue weighted by atomic mass is 32.2. The first kappa shape index (κ1) is 14.3. The Morgan fingerprint density at radius 3 is 2.58 bits per heavy atom. The van der Waals surface area contributed by atoms with E-state index in [0.717, 1.165) is 0 Å². The van der Waals surface area contributed by atoms with Gasteiger partial charge in [-0.3, -0.25) is 9.59 Å². The van der Waals surface area contributed by atoms with E-state index in [1.165, 1.54) is 4.31 Å². The van der Waals surface area contributed by atoms with Crippen molar-refractivity contribution in [1.82, 2.24) is 4.31 Å². The molecule has 2 bridgehead atoms. The number of carbonyl (C=O) groups is 2. The van der Waals surface area contributed by atoms with Gasteiger partial charge >= 0.3 is 11.9 Å². The van der Waals surface area contributed by atoms with Gasteiger partial charge in [-0.2, -0.15) is 4.31 Å². The molecule has 0 aliphatic carbocycles. The zero-order chi connectivity index (χ0) is 14.2. The van der Waals surface area contributed by atoms with Crippen LogP contribution >= 0.6 is 0 Å².